The highest BCUT2D eigenvalue weighted by Gasteiger charge is 2.14. The minimum atomic E-state index is -1.22. The van der Waals surface area contributed by atoms with Crippen LogP contribution in [-0.4, -0.2) is 28.1 Å². The summed E-state index contributed by atoms with van der Waals surface area (Å²) in [5.74, 6) is -3.04. The van der Waals surface area contributed by atoms with Gasteiger partial charge in [-0.2, -0.15) is 0 Å². The van der Waals surface area contributed by atoms with Crippen LogP contribution in [0.5, 0.6) is 0 Å². The number of carboxylic acid groups (broad SMARTS) is 2. The molecule has 0 aromatic heterocycles. The molecule has 0 heterocycles. The lowest BCUT2D eigenvalue weighted by Gasteiger charge is -2.08. The van der Waals surface area contributed by atoms with E-state index in [4.69, 9.17) is 21.8 Å². The number of anilines is 1. The van der Waals surface area contributed by atoms with E-state index in [1.54, 1.807) is 0 Å². The lowest BCUT2D eigenvalue weighted by molar-refractivity contribution is -0.133. The summed E-state index contributed by atoms with van der Waals surface area (Å²) in [5, 5.41) is 20.2. The molecule has 20 heavy (non-hydrogen) atoms. The second-order valence-electron chi connectivity index (χ2n) is 4.01. The molecule has 0 fully saturated rings. The number of carbonyl (C=O) groups is 3. The van der Waals surface area contributed by atoms with E-state index in [-0.39, 0.29) is 27.4 Å². The van der Waals surface area contributed by atoms with Crippen LogP contribution in [0.25, 0.3) is 0 Å². The third kappa shape index (κ3) is 3.58. The van der Waals surface area contributed by atoms with Crippen LogP contribution >= 0.6 is 11.6 Å². The minimum Gasteiger partial charge on any atom is -0.478 e. The second-order valence-corrected chi connectivity index (χ2v) is 4.42. The number of carboxylic acids is 2. The summed E-state index contributed by atoms with van der Waals surface area (Å²) in [4.78, 5) is 33.5. The molecule has 0 saturated heterocycles. The third-order valence-corrected chi connectivity index (χ3v) is 3.01. The normalized spacial score (nSPS) is 11.6. The van der Waals surface area contributed by atoms with Gasteiger partial charge in [0, 0.05) is 16.8 Å². The number of benzene rings is 1. The number of hydrogen-bond acceptors (Lipinski definition) is 3. The molecule has 6 nitrogen and oxygen atoms in total. The lowest BCUT2D eigenvalue weighted by Crippen LogP contribution is -2.16. The summed E-state index contributed by atoms with van der Waals surface area (Å²) < 4.78 is 0. The topological polar surface area (TPSA) is 104 Å². The molecule has 1 aromatic rings. The summed E-state index contributed by atoms with van der Waals surface area (Å²) >= 11 is 5.70. The first kappa shape index (κ1) is 15.7. The molecule has 0 bridgehead atoms. The smallest absolute Gasteiger partial charge is 0.337 e. The van der Waals surface area contributed by atoms with Gasteiger partial charge in [-0.15, -0.1) is 0 Å². The fraction of sp³-hybridized carbons (Fsp3) is 0.154. The van der Waals surface area contributed by atoms with Gasteiger partial charge >= 0.3 is 11.9 Å². The molecule has 1 rings (SSSR count). The van der Waals surface area contributed by atoms with Gasteiger partial charge < -0.3 is 15.5 Å². The zero-order chi connectivity index (χ0) is 15.4. The average molecular weight is 298 g/mol. The molecular formula is C13H12ClNO5. The van der Waals surface area contributed by atoms with E-state index < -0.39 is 17.8 Å². The Morgan fingerprint density at radius 2 is 1.70 bits per heavy atom. The number of hydrogen-bond donors (Lipinski definition) is 3. The monoisotopic (exact) mass is 297 g/mol. The van der Waals surface area contributed by atoms with E-state index in [1.807, 2.05) is 0 Å². The van der Waals surface area contributed by atoms with E-state index in [0.29, 0.717) is 0 Å². The Balaban J connectivity index is 3.03. The largest absolute Gasteiger partial charge is 0.478 e. The molecule has 0 atom stereocenters. The van der Waals surface area contributed by atoms with E-state index in [0.717, 1.165) is 0 Å². The molecular weight excluding hydrogens is 286 g/mol. The standard InChI is InChI=1S/C13H12ClNO5/c1-6(7(2)12(17)18)11(16)15-8-3-4-10(14)9(5-8)13(19)20/h3-5H,1-2H3,(H,15,16)(H,17,18)(H,19,20)/b7-6-. The van der Waals surface area contributed by atoms with Gasteiger partial charge in [-0.25, -0.2) is 9.59 Å². The maximum absolute atomic E-state index is 11.8. The van der Waals surface area contributed by atoms with Gasteiger partial charge in [0.25, 0.3) is 5.91 Å². The Bertz CT molecular complexity index is 621. The van der Waals surface area contributed by atoms with Crippen LogP contribution in [0.15, 0.2) is 29.3 Å². The molecule has 0 aliphatic carbocycles. The van der Waals surface area contributed by atoms with E-state index >= 15 is 0 Å². The van der Waals surface area contributed by atoms with Crippen LogP contribution in [-0.2, 0) is 9.59 Å². The molecule has 7 heteroatoms. The quantitative estimate of drug-likeness (QED) is 0.740. The van der Waals surface area contributed by atoms with Crippen LogP contribution in [0.1, 0.15) is 24.2 Å². The summed E-state index contributed by atoms with van der Waals surface area (Å²) in [6, 6.07) is 3.96. The van der Waals surface area contributed by atoms with Crippen LogP contribution in [0.2, 0.25) is 5.02 Å². The second kappa shape index (κ2) is 6.21. The van der Waals surface area contributed by atoms with Crippen molar-refractivity contribution in [3.63, 3.8) is 0 Å². The molecule has 1 amide bonds. The summed E-state index contributed by atoms with van der Waals surface area (Å²) in [5.41, 5.74) is 0.00893. The Morgan fingerprint density at radius 1 is 1.10 bits per heavy atom. The number of nitrogens with one attached hydrogen (secondary N) is 1. The fourth-order valence-electron chi connectivity index (χ4n) is 1.32. The highest BCUT2D eigenvalue weighted by Crippen LogP contribution is 2.21. The van der Waals surface area contributed by atoms with Gasteiger partial charge in [0.1, 0.15) is 0 Å². The third-order valence-electron chi connectivity index (χ3n) is 2.68. The molecule has 0 aliphatic heterocycles. The van der Waals surface area contributed by atoms with Crippen molar-refractivity contribution in [3.05, 3.63) is 39.9 Å². The number of aromatic carboxylic acids is 1. The van der Waals surface area contributed by atoms with Crippen molar-refractivity contribution >= 4 is 35.1 Å². The first-order valence-electron chi connectivity index (χ1n) is 5.49. The zero-order valence-electron chi connectivity index (χ0n) is 10.7. The summed E-state index contributed by atoms with van der Waals surface area (Å²) in [7, 11) is 0. The minimum absolute atomic E-state index is 0.0318. The van der Waals surface area contributed by atoms with E-state index in [1.165, 1.54) is 32.0 Å². The molecule has 0 radical (unpaired) electrons. The van der Waals surface area contributed by atoms with Crippen molar-refractivity contribution in [2.24, 2.45) is 0 Å². The van der Waals surface area contributed by atoms with Crippen molar-refractivity contribution in [1.82, 2.24) is 0 Å². The molecule has 3 N–H and O–H groups in total. The molecule has 106 valence electrons. The molecule has 0 unspecified atom stereocenters. The van der Waals surface area contributed by atoms with Crippen molar-refractivity contribution < 1.29 is 24.6 Å². The Morgan fingerprint density at radius 3 is 2.20 bits per heavy atom. The first-order valence-corrected chi connectivity index (χ1v) is 5.86. The average Bonchev–Trinajstić information content (AvgIpc) is 2.38. The van der Waals surface area contributed by atoms with Gasteiger partial charge in [-0.3, -0.25) is 4.79 Å². The molecule has 1 aromatic carbocycles. The Labute approximate surface area is 119 Å². The van der Waals surface area contributed by atoms with Crippen molar-refractivity contribution in [1.29, 1.82) is 0 Å². The zero-order valence-corrected chi connectivity index (χ0v) is 11.5. The predicted molar refractivity (Wildman–Crippen MR) is 73.1 cm³/mol. The van der Waals surface area contributed by atoms with Crippen LogP contribution in [0, 0.1) is 0 Å². The maximum atomic E-state index is 11.8. The van der Waals surface area contributed by atoms with Gasteiger partial charge in [0.2, 0.25) is 0 Å². The van der Waals surface area contributed by atoms with E-state index in [9.17, 15) is 14.4 Å². The lowest BCUT2D eigenvalue weighted by atomic mass is 10.1. The summed E-state index contributed by atoms with van der Waals surface area (Å²) in [6.45, 7) is 2.68. The number of aliphatic carboxylic acids is 1. The Kier molecular flexibility index (Phi) is 4.88. The number of halogens is 1. The van der Waals surface area contributed by atoms with Crippen molar-refractivity contribution in [2.45, 2.75) is 13.8 Å². The first-order chi connectivity index (χ1) is 9.23. The van der Waals surface area contributed by atoms with Crippen molar-refractivity contribution in [3.8, 4) is 0 Å². The van der Waals surface area contributed by atoms with Crippen molar-refractivity contribution in [2.75, 3.05) is 5.32 Å². The maximum Gasteiger partial charge on any atom is 0.337 e. The molecule has 0 saturated carbocycles. The molecule has 0 aliphatic rings. The molecule has 0 spiro atoms. The fourth-order valence-corrected chi connectivity index (χ4v) is 1.52. The van der Waals surface area contributed by atoms with Gasteiger partial charge in [0.05, 0.1) is 10.6 Å². The number of amides is 1. The van der Waals surface area contributed by atoms with Gasteiger partial charge in [0.15, 0.2) is 0 Å². The SMILES string of the molecule is C/C(C(=O)O)=C(\C)C(=O)Nc1ccc(Cl)c(C(=O)O)c1. The Hall–Kier alpha value is -2.34. The highest BCUT2D eigenvalue weighted by molar-refractivity contribution is 6.33. The number of rotatable bonds is 4. The van der Waals surface area contributed by atoms with Gasteiger partial charge in [-0.05, 0) is 32.0 Å². The van der Waals surface area contributed by atoms with Crippen LogP contribution < -0.4 is 5.32 Å². The predicted octanol–water partition coefficient (Wildman–Crippen LogP) is 2.40. The van der Waals surface area contributed by atoms with Crippen LogP contribution in [0.3, 0.4) is 0 Å². The van der Waals surface area contributed by atoms with E-state index in [2.05, 4.69) is 5.32 Å². The highest BCUT2D eigenvalue weighted by atomic mass is 35.5. The van der Waals surface area contributed by atoms with Crippen LogP contribution in [0.4, 0.5) is 5.69 Å². The summed E-state index contributed by atoms with van der Waals surface area (Å²) in [6.07, 6.45) is 0. The van der Waals surface area contributed by atoms with Gasteiger partial charge in [-0.1, -0.05) is 11.6 Å². The number of carbonyl (C=O) groups excluding carboxylic acids is 1.